The van der Waals surface area contributed by atoms with Crippen LogP contribution in [0.5, 0.6) is 0 Å². The van der Waals surface area contributed by atoms with Crippen LogP contribution in [0.3, 0.4) is 0 Å². The summed E-state index contributed by atoms with van der Waals surface area (Å²) >= 11 is 0. The van der Waals surface area contributed by atoms with E-state index in [9.17, 15) is 14.7 Å². The summed E-state index contributed by atoms with van der Waals surface area (Å²) in [6, 6.07) is 17.1. The Morgan fingerprint density at radius 3 is 2.41 bits per heavy atom. The summed E-state index contributed by atoms with van der Waals surface area (Å²) in [6.45, 7) is 5.00. The lowest BCUT2D eigenvalue weighted by atomic mass is 9.85. The molecule has 0 saturated carbocycles. The highest BCUT2D eigenvalue weighted by molar-refractivity contribution is 5.91. The van der Waals surface area contributed by atoms with Gasteiger partial charge in [0.1, 0.15) is 6.04 Å². The number of aliphatic hydroxyl groups is 1. The van der Waals surface area contributed by atoms with E-state index in [1.807, 2.05) is 47.4 Å². The molecule has 7 heteroatoms. The van der Waals surface area contributed by atoms with E-state index in [2.05, 4.69) is 17.4 Å². The molecular formula is C27H37N3O4. The maximum atomic E-state index is 13.4. The van der Waals surface area contributed by atoms with Crippen LogP contribution in [0, 0.1) is 0 Å². The van der Waals surface area contributed by atoms with Crippen LogP contribution in [-0.4, -0.2) is 59.7 Å². The Balaban J connectivity index is 1.63. The molecule has 1 aliphatic heterocycles. The van der Waals surface area contributed by atoms with Gasteiger partial charge in [-0.05, 0) is 55.7 Å². The van der Waals surface area contributed by atoms with E-state index in [1.165, 1.54) is 11.1 Å². The molecule has 7 nitrogen and oxygen atoms in total. The number of likely N-dealkylation sites (tertiary alicyclic amines) is 1. The molecule has 1 fully saturated rings. The minimum Gasteiger partial charge on any atom is -0.396 e. The molecule has 1 saturated heterocycles. The van der Waals surface area contributed by atoms with E-state index >= 15 is 0 Å². The van der Waals surface area contributed by atoms with Gasteiger partial charge in [-0.3, -0.25) is 9.59 Å². The van der Waals surface area contributed by atoms with Gasteiger partial charge in [-0.1, -0.05) is 54.6 Å². The van der Waals surface area contributed by atoms with Crippen molar-refractivity contribution in [1.82, 2.24) is 10.2 Å². The molecule has 0 spiro atoms. The molecule has 0 unspecified atom stereocenters. The minimum atomic E-state index is -1.10. The first kappa shape index (κ1) is 25.9. The van der Waals surface area contributed by atoms with Crippen molar-refractivity contribution >= 4 is 11.8 Å². The van der Waals surface area contributed by atoms with Gasteiger partial charge >= 0.3 is 0 Å². The first-order valence-electron chi connectivity index (χ1n) is 12.0. The number of piperidine rings is 1. The van der Waals surface area contributed by atoms with Crippen LogP contribution < -0.4 is 11.1 Å². The standard InChI is InChI=1S/C27H37N3O4/c1-27(2,28)26(33)29-24(19-34-18-20-8-4-3-5-9-20)25(32)30-15-12-22(13-16-30)23-11-7-6-10-21(23)14-17-31/h3-11,22,24,31H,12-19,28H2,1-2H3,(H,29,33)/t24-/m1/s1. The molecule has 0 radical (unpaired) electrons. The summed E-state index contributed by atoms with van der Waals surface area (Å²) in [5.41, 5.74) is 8.28. The van der Waals surface area contributed by atoms with Crippen molar-refractivity contribution in [2.45, 2.75) is 57.2 Å². The van der Waals surface area contributed by atoms with Crippen molar-refractivity contribution in [3.8, 4) is 0 Å². The summed E-state index contributed by atoms with van der Waals surface area (Å²) in [7, 11) is 0. The zero-order chi connectivity index (χ0) is 24.6. The molecule has 0 aromatic heterocycles. The fourth-order valence-electron chi connectivity index (χ4n) is 4.30. The number of ether oxygens (including phenoxy) is 1. The number of hydrogen-bond donors (Lipinski definition) is 3. The fraction of sp³-hybridized carbons (Fsp3) is 0.481. The predicted octanol–water partition coefficient (Wildman–Crippen LogP) is 2.37. The highest BCUT2D eigenvalue weighted by Crippen LogP contribution is 2.31. The molecule has 1 aliphatic rings. The van der Waals surface area contributed by atoms with Crippen molar-refractivity contribution in [1.29, 1.82) is 0 Å². The van der Waals surface area contributed by atoms with E-state index in [1.54, 1.807) is 13.8 Å². The molecule has 3 rings (SSSR count). The SMILES string of the molecule is CC(C)(N)C(=O)N[C@H](COCc1ccccc1)C(=O)N1CCC(c2ccccc2CCO)CC1. The number of nitrogens with zero attached hydrogens (tertiary/aromatic N) is 1. The molecule has 2 aromatic rings. The Morgan fingerprint density at radius 1 is 1.12 bits per heavy atom. The molecule has 1 heterocycles. The third kappa shape index (κ3) is 7.13. The van der Waals surface area contributed by atoms with Crippen molar-refractivity contribution in [2.24, 2.45) is 5.73 Å². The van der Waals surface area contributed by atoms with Crippen LogP contribution in [0.1, 0.15) is 49.3 Å². The summed E-state index contributed by atoms with van der Waals surface area (Å²) in [5.74, 6) is -0.188. The third-order valence-electron chi connectivity index (χ3n) is 6.27. The Labute approximate surface area is 202 Å². The van der Waals surface area contributed by atoms with Crippen LogP contribution in [-0.2, 0) is 27.4 Å². The van der Waals surface area contributed by atoms with E-state index < -0.39 is 11.6 Å². The number of aliphatic hydroxyl groups excluding tert-OH is 1. The number of nitrogens with one attached hydrogen (secondary N) is 1. The zero-order valence-corrected chi connectivity index (χ0v) is 20.2. The van der Waals surface area contributed by atoms with E-state index in [-0.39, 0.29) is 25.0 Å². The third-order valence-corrected chi connectivity index (χ3v) is 6.27. The molecule has 184 valence electrons. The van der Waals surface area contributed by atoms with Gasteiger partial charge in [0, 0.05) is 19.7 Å². The van der Waals surface area contributed by atoms with E-state index in [0.717, 1.165) is 18.4 Å². The van der Waals surface area contributed by atoms with Gasteiger partial charge in [0.15, 0.2) is 0 Å². The lowest BCUT2D eigenvalue weighted by molar-refractivity contribution is -0.140. The second-order valence-corrected chi connectivity index (χ2v) is 9.52. The largest absolute Gasteiger partial charge is 0.396 e. The summed E-state index contributed by atoms with van der Waals surface area (Å²) in [6.07, 6.45) is 2.31. The van der Waals surface area contributed by atoms with Crippen molar-refractivity contribution in [2.75, 3.05) is 26.3 Å². The van der Waals surface area contributed by atoms with Gasteiger partial charge in [-0.25, -0.2) is 0 Å². The van der Waals surface area contributed by atoms with E-state index in [0.29, 0.717) is 32.0 Å². The molecule has 0 bridgehead atoms. The number of rotatable bonds is 10. The summed E-state index contributed by atoms with van der Waals surface area (Å²) in [4.78, 5) is 27.7. The summed E-state index contributed by atoms with van der Waals surface area (Å²) in [5, 5.41) is 12.2. The topological polar surface area (TPSA) is 105 Å². The van der Waals surface area contributed by atoms with Gasteiger partial charge in [0.25, 0.3) is 0 Å². The van der Waals surface area contributed by atoms with Crippen LogP contribution in [0.25, 0.3) is 0 Å². The molecule has 0 aliphatic carbocycles. The maximum Gasteiger partial charge on any atom is 0.247 e. The Hall–Kier alpha value is -2.74. The van der Waals surface area contributed by atoms with Gasteiger partial charge in [0.05, 0.1) is 18.8 Å². The maximum absolute atomic E-state index is 13.4. The molecule has 34 heavy (non-hydrogen) atoms. The number of hydrogen-bond acceptors (Lipinski definition) is 5. The minimum absolute atomic E-state index is 0.0782. The molecule has 2 aromatic carbocycles. The number of carbonyl (C=O) groups is 2. The highest BCUT2D eigenvalue weighted by atomic mass is 16.5. The molecule has 2 amide bonds. The fourth-order valence-corrected chi connectivity index (χ4v) is 4.30. The van der Waals surface area contributed by atoms with Crippen LogP contribution in [0.4, 0.5) is 0 Å². The zero-order valence-electron chi connectivity index (χ0n) is 20.2. The lowest BCUT2D eigenvalue weighted by Crippen LogP contribution is -2.58. The number of carbonyl (C=O) groups excluding carboxylic acids is 2. The number of amides is 2. The first-order valence-corrected chi connectivity index (χ1v) is 12.0. The normalized spacial score (nSPS) is 15.7. The monoisotopic (exact) mass is 467 g/mol. The van der Waals surface area contributed by atoms with Crippen molar-refractivity contribution in [3.05, 3.63) is 71.3 Å². The average Bonchev–Trinajstić information content (AvgIpc) is 2.84. The number of benzene rings is 2. The van der Waals surface area contributed by atoms with Crippen LogP contribution >= 0.6 is 0 Å². The Morgan fingerprint density at radius 2 is 1.76 bits per heavy atom. The van der Waals surface area contributed by atoms with Gasteiger partial charge in [-0.15, -0.1) is 0 Å². The lowest BCUT2D eigenvalue weighted by Gasteiger charge is -2.35. The molecule has 4 N–H and O–H groups in total. The van der Waals surface area contributed by atoms with E-state index in [4.69, 9.17) is 10.5 Å². The number of nitrogens with two attached hydrogens (primary N) is 1. The second kappa shape index (κ2) is 12.1. The van der Waals surface area contributed by atoms with Crippen LogP contribution in [0.2, 0.25) is 0 Å². The predicted molar refractivity (Wildman–Crippen MR) is 132 cm³/mol. The smallest absolute Gasteiger partial charge is 0.247 e. The molecular weight excluding hydrogens is 430 g/mol. The first-order chi connectivity index (χ1) is 16.3. The van der Waals surface area contributed by atoms with Gasteiger partial charge in [0.2, 0.25) is 11.8 Å². The summed E-state index contributed by atoms with van der Waals surface area (Å²) < 4.78 is 5.81. The molecule has 1 atom stereocenters. The highest BCUT2D eigenvalue weighted by Gasteiger charge is 2.33. The Kier molecular flexibility index (Phi) is 9.21. The van der Waals surface area contributed by atoms with Crippen molar-refractivity contribution in [3.63, 3.8) is 0 Å². The quantitative estimate of drug-likeness (QED) is 0.498. The average molecular weight is 468 g/mol. The Bertz CT molecular complexity index is 934. The second-order valence-electron chi connectivity index (χ2n) is 9.52. The van der Waals surface area contributed by atoms with Gasteiger partial charge < -0.3 is 25.8 Å². The van der Waals surface area contributed by atoms with Crippen molar-refractivity contribution < 1.29 is 19.4 Å². The van der Waals surface area contributed by atoms with Gasteiger partial charge in [-0.2, -0.15) is 0 Å². The van der Waals surface area contributed by atoms with Crippen LogP contribution in [0.15, 0.2) is 54.6 Å².